The van der Waals surface area contributed by atoms with Gasteiger partial charge in [0.2, 0.25) is 0 Å². The van der Waals surface area contributed by atoms with E-state index in [4.69, 9.17) is 4.74 Å². The van der Waals surface area contributed by atoms with Gasteiger partial charge in [-0.3, -0.25) is 19.1 Å². The summed E-state index contributed by atoms with van der Waals surface area (Å²) in [5, 5.41) is 2.08. The number of rotatable bonds is 9. The molecule has 0 spiro atoms. The number of aryl methyl sites for hydroxylation is 2. The number of hydrogen-bond acceptors (Lipinski definition) is 5. The van der Waals surface area contributed by atoms with E-state index in [1.807, 2.05) is 56.3 Å². The van der Waals surface area contributed by atoms with Crippen molar-refractivity contribution in [1.82, 2.24) is 19.1 Å². The van der Waals surface area contributed by atoms with Crippen molar-refractivity contribution in [3.63, 3.8) is 0 Å². The number of carbonyl (C=O) groups is 1. The number of H-pyrrole nitrogens is 1. The smallest absolute Gasteiger partial charge is 0.330 e. The average Bonchev–Trinajstić information content (AvgIpc) is 3.17. The summed E-state index contributed by atoms with van der Waals surface area (Å²) in [5.74, 6) is 0.0817. The van der Waals surface area contributed by atoms with Crippen LogP contribution in [0.3, 0.4) is 0 Å². The summed E-state index contributed by atoms with van der Waals surface area (Å²) in [6.45, 7) is 4.95. The molecule has 8 nitrogen and oxygen atoms in total. The van der Waals surface area contributed by atoms with Crippen LogP contribution in [-0.4, -0.2) is 25.1 Å². The van der Waals surface area contributed by atoms with Gasteiger partial charge in [0, 0.05) is 13.1 Å². The Hall–Kier alpha value is -3.68. The van der Waals surface area contributed by atoms with Crippen LogP contribution in [0.4, 0.5) is 0 Å². The largest absolute Gasteiger partial charge is 0.457 e. The minimum atomic E-state index is -0.475. The molecule has 0 unspecified atom stereocenters. The summed E-state index contributed by atoms with van der Waals surface area (Å²) in [6, 6.07) is 13.7. The first-order valence-electron chi connectivity index (χ1n) is 11.4. The normalized spacial score (nSPS) is 11.3. The molecule has 0 saturated heterocycles. The van der Waals surface area contributed by atoms with Gasteiger partial charge in [0.15, 0.2) is 11.2 Å². The number of unbranched alkanes of at least 4 members (excludes halogenated alkanes) is 1. The van der Waals surface area contributed by atoms with Gasteiger partial charge in [-0.05, 0) is 29.2 Å². The minimum Gasteiger partial charge on any atom is -0.457 e. The number of imidazole rings is 1. The number of benzene rings is 2. The molecule has 0 radical (unpaired) electrons. The van der Waals surface area contributed by atoms with E-state index in [1.165, 1.54) is 4.57 Å². The predicted octanol–water partition coefficient (Wildman–Crippen LogP) is 3.54. The Labute approximate surface area is 190 Å². The third kappa shape index (κ3) is 4.60. The van der Waals surface area contributed by atoms with Crippen LogP contribution in [-0.2, 0) is 35.6 Å². The van der Waals surface area contributed by atoms with Crippen molar-refractivity contribution >= 4 is 27.9 Å². The number of ether oxygens (including phenoxy) is 1. The lowest BCUT2D eigenvalue weighted by atomic mass is 10.0. The first-order chi connectivity index (χ1) is 16.0. The average molecular weight is 449 g/mol. The third-order valence-electron chi connectivity index (χ3n) is 5.72. The van der Waals surface area contributed by atoms with Gasteiger partial charge < -0.3 is 9.30 Å². The Morgan fingerprint density at radius 2 is 1.79 bits per heavy atom. The van der Waals surface area contributed by atoms with Crippen molar-refractivity contribution in [3.8, 4) is 0 Å². The van der Waals surface area contributed by atoms with Crippen molar-refractivity contribution in [2.24, 2.45) is 0 Å². The second kappa shape index (κ2) is 9.85. The molecule has 0 aliphatic heterocycles. The maximum atomic E-state index is 12.7. The molecule has 0 aliphatic rings. The van der Waals surface area contributed by atoms with E-state index in [-0.39, 0.29) is 19.0 Å². The van der Waals surface area contributed by atoms with Gasteiger partial charge in [0.1, 0.15) is 12.4 Å². The van der Waals surface area contributed by atoms with Crippen LogP contribution >= 0.6 is 0 Å². The summed E-state index contributed by atoms with van der Waals surface area (Å²) in [5.41, 5.74) is 0.627. The van der Waals surface area contributed by atoms with E-state index in [0.29, 0.717) is 30.1 Å². The lowest BCUT2D eigenvalue weighted by molar-refractivity contribution is -0.144. The Balaban J connectivity index is 1.62. The minimum absolute atomic E-state index is 0.0698. The van der Waals surface area contributed by atoms with Crippen LogP contribution in [0.1, 0.15) is 44.5 Å². The van der Waals surface area contributed by atoms with E-state index in [9.17, 15) is 14.4 Å². The molecule has 4 rings (SSSR count). The van der Waals surface area contributed by atoms with Gasteiger partial charge in [-0.1, -0.05) is 62.7 Å². The van der Waals surface area contributed by atoms with E-state index in [1.54, 1.807) is 4.57 Å². The third-order valence-corrected chi connectivity index (χ3v) is 5.72. The number of carbonyl (C=O) groups excluding carboxylic acids is 1. The molecule has 172 valence electrons. The first-order valence-corrected chi connectivity index (χ1v) is 11.4. The fourth-order valence-corrected chi connectivity index (χ4v) is 4.11. The van der Waals surface area contributed by atoms with Crippen LogP contribution in [0.25, 0.3) is 21.9 Å². The maximum absolute atomic E-state index is 12.7. The summed E-state index contributed by atoms with van der Waals surface area (Å²) >= 11 is 0. The van der Waals surface area contributed by atoms with Crippen molar-refractivity contribution in [3.05, 3.63) is 74.7 Å². The van der Waals surface area contributed by atoms with Gasteiger partial charge in [-0.25, -0.2) is 9.78 Å². The maximum Gasteiger partial charge on any atom is 0.330 e. The molecule has 0 fully saturated rings. The molecule has 0 saturated carbocycles. The molecular formula is C25H28N4O4. The molecule has 1 N–H and O–H groups in total. The van der Waals surface area contributed by atoms with Gasteiger partial charge >= 0.3 is 11.7 Å². The summed E-state index contributed by atoms with van der Waals surface area (Å²) in [6.07, 6.45) is 2.59. The van der Waals surface area contributed by atoms with E-state index in [2.05, 4.69) is 9.97 Å². The molecule has 0 bridgehead atoms. The van der Waals surface area contributed by atoms with Crippen LogP contribution < -0.4 is 11.2 Å². The number of nitrogens with one attached hydrogen (secondary N) is 1. The molecule has 2 heterocycles. The second-order valence-electron chi connectivity index (χ2n) is 8.09. The second-order valence-corrected chi connectivity index (χ2v) is 8.09. The Morgan fingerprint density at radius 1 is 1.00 bits per heavy atom. The monoisotopic (exact) mass is 448 g/mol. The summed E-state index contributed by atoms with van der Waals surface area (Å²) in [4.78, 5) is 44.6. The highest BCUT2D eigenvalue weighted by Crippen LogP contribution is 2.20. The van der Waals surface area contributed by atoms with Crippen LogP contribution in [0.2, 0.25) is 0 Å². The van der Waals surface area contributed by atoms with Crippen molar-refractivity contribution < 1.29 is 9.53 Å². The lowest BCUT2D eigenvalue weighted by Crippen LogP contribution is -2.31. The fourth-order valence-electron chi connectivity index (χ4n) is 4.11. The van der Waals surface area contributed by atoms with Crippen LogP contribution in [0.15, 0.2) is 52.1 Å². The SMILES string of the molecule is CCCCn1c(=O)[nH]c(=O)c2c1nc(COC(=O)Cc1cccc3ccccc13)n2CCC. The fraction of sp³-hybridized carbons (Fsp3) is 0.360. The lowest BCUT2D eigenvalue weighted by Gasteiger charge is -2.09. The Kier molecular flexibility index (Phi) is 6.72. The molecule has 2 aromatic carbocycles. The van der Waals surface area contributed by atoms with Crippen LogP contribution in [0, 0.1) is 0 Å². The molecule has 8 heteroatoms. The van der Waals surface area contributed by atoms with Gasteiger partial charge in [0.25, 0.3) is 5.56 Å². The molecule has 0 amide bonds. The highest BCUT2D eigenvalue weighted by atomic mass is 16.5. The topological polar surface area (TPSA) is 99.0 Å². The zero-order valence-electron chi connectivity index (χ0n) is 19.0. The van der Waals surface area contributed by atoms with Gasteiger partial charge in [0.05, 0.1) is 6.42 Å². The predicted molar refractivity (Wildman–Crippen MR) is 127 cm³/mol. The highest BCUT2D eigenvalue weighted by Gasteiger charge is 2.19. The molecule has 0 aliphatic carbocycles. The van der Waals surface area contributed by atoms with E-state index in [0.717, 1.165) is 35.6 Å². The van der Waals surface area contributed by atoms with Crippen molar-refractivity contribution in [1.29, 1.82) is 0 Å². The zero-order valence-corrected chi connectivity index (χ0v) is 19.0. The van der Waals surface area contributed by atoms with Crippen molar-refractivity contribution in [2.75, 3.05) is 0 Å². The number of nitrogens with zero attached hydrogens (tertiary/aromatic N) is 3. The number of fused-ring (bicyclic) bond motifs is 2. The molecule has 0 atom stereocenters. The summed E-state index contributed by atoms with van der Waals surface area (Å²) in [7, 11) is 0. The number of aromatic nitrogens is 4. The molecule has 2 aromatic heterocycles. The standard InChI is InChI=1S/C25H28N4O4/c1-3-5-14-29-23-22(24(31)27-25(29)32)28(13-4-2)20(26-23)16-33-21(30)15-18-11-8-10-17-9-6-7-12-19(17)18/h6-12H,3-5,13-16H2,1-2H3,(H,27,31,32). The Morgan fingerprint density at radius 3 is 2.58 bits per heavy atom. The summed E-state index contributed by atoms with van der Waals surface area (Å²) < 4.78 is 8.81. The molecule has 33 heavy (non-hydrogen) atoms. The molecule has 4 aromatic rings. The quantitative estimate of drug-likeness (QED) is 0.395. The zero-order chi connectivity index (χ0) is 23.4. The van der Waals surface area contributed by atoms with Gasteiger partial charge in [-0.2, -0.15) is 0 Å². The number of esters is 1. The Bertz CT molecular complexity index is 1410. The van der Waals surface area contributed by atoms with E-state index < -0.39 is 11.2 Å². The number of hydrogen-bond donors (Lipinski definition) is 1. The number of aromatic amines is 1. The van der Waals surface area contributed by atoms with Gasteiger partial charge in [-0.15, -0.1) is 0 Å². The first kappa shape index (κ1) is 22.5. The van der Waals surface area contributed by atoms with Crippen molar-refractivity contribution in [2.45, 2.75) is 59.2 Å². The highest BCUT2D eigenvalue weighted by molar-refractivity contribution is 5.89. The molecular weight excluding hydrogens is 420 g/mol. The van der Waals surface area contributed by atoms with E-state index >= 15 is 0 Å². The van der Waals surface area contributed by atoms with Crippen LogP contribution in [0.5, 0.6) is 0 Å².